The third-order valence-electron chi connectivity index (χ3n) is 3.08. The maximum Gasteiger partial charge on any atom is 0.255 e. The highest BCUT2D eigenvalue weighted by molar-refractivity contribution is 9.10. The Hall–Kier alpha value is -0.900. The number of carbonyl (C=O) groups excluding carboxylic acids is 1. The Morgan fingerprint density at radius 3 is 2.47 bits per heavy atom. The van der Waals surface area contributed by atoms with Gasteiger partial charge in [-0.2, -0.15) is 0 Å². The number of rotatable bonds is 3. The minimum absolute atomic E-state index is 0.109. The summed E-state index contributed by atoms with van der Waals surface area (Å²) in [4.78, 5) is 13.8. The minimum Gasteiger partial charge on any atom is -0.339 e. The predicted octanol–water partition coefficient (Wildman–Crippen LogP) is 3.70. The molecule has 0 fully saturated rings. The van der Waals surface area contributed by atoms with E-state index in [0.717, 1.165) is 0 Å². The summed E-state index contributed by atoms with van der Waals surface area (Å²) >= 11 is 3.11. The lowest BCUT2D eigenvalue weighted by Crippen LogP contribution is -2.38. The summed E-state index contributed by atoms with van der Waals surface area (Å²) in [5, 5.41) is 0. The maximum absolute atomic E-state index is 13.3. The molecule has 0 aliphatic heterocycles. The van der Waals surface area contributed by atoms with E-state index in [1.54, 1.807) is 24.1 Å². The van der Waals surface area contributed by atoms with Crippen LogP contribution in [0.5, 0.6) is 0 Å². The zero-order valence-corrected chi connectivity index (χ0v) is 12.1. The molecule has 0 aliphatic carbocycles. The van der Waals surface area contributed by atoms with Crippen LogP contribution in [0.2, 0.25) is 0 Å². The highest BCUT2D eigenvalue weighted by atomic mass is 79.9. The van der Waals surface area contributed by atoms with Crippen LogP contribution in [0.25, 0.3) is 0 Å². The molecule has 0 saturated heterocycles. The van der Waals surface area contributed by atoms with Gasteiger partial charge < -0.3 is 4.90 Å². The normalized spacial score (nSPS) is 12.6. The molecule has 0 aromatic heterocycles. The largest absolute Gasteiger partial charge is 0.339 e. The van der Waals surface area contributed by atoms with Gasteiger partial charge in [-0.1, -0.05) is 19.9 Å². The highest BCUT2D eigenvalue weighted by Gasteiger charge is 2.22. The first-order valence-corrected chi connectivity index (χ1v) is 6.36. The molecule has 17 heavy (non-hydrogen) atoms. The molecule has 0 heterocycles. The van der Waals surface area contributed by atoms with Crippen molar-refractivity contribution in [1.29, 1.82) is 0 Å². The Kier molecular flexibility index (Phi) is 4.69. The molecular formula is C13H17BrFNO. The second kappa shape index (κ2) is 5.63. The second-order valence-electron chi connectivity index (χ2n) is 4.50. The van der Waals surface area contributed by atoms with Gasteiger partial charge in [-0.05, 0) is 40.9 Å². The number of halogens is 2. The van der Waals surface area contributed by atoms with Crippen molar-refractivity contribution >= 4 is 21.8 Å². The molecule has 1 amide bonds. The van der Waals surface area contributed by atoms with E-state index in [4.69, 9.17) is 0 Å². The molecule has 0 aliphatic rings. The van der Waals surface area contributed by atoms with Crippen LogP contribution >= 0.6 is 15.9 Å². The van der Waals surface area contributed by atoms with Crippen LogP contribution in [0.15, 0.2) is 22.7 Å². The fourth-order valence-electron chi connectivity index (χ4n) is 1.49. The molecule has 4 heteroatoms. The SMILES string of the molecule is CC(C)C(C)N(C)C(=O)c1cccc(F)c1Br. The van der Waals surface area contributed by atoms with E-state index in [9.17, 15) is 9.18 Å². The molecule has 0 saturated carbocycles. The average molecular weight is 302 g/mol. The van der Waals surface area contributed by atoms with E-state index in [1.165, 1.54) is 6.07 Å². The van der Waals surface area contributed by atoms with Crippen molar-refractivity contribution in [3.63, 3.8) is 0 Å². The Morgan fingerprint density at radius 1 is 1.35 bits per heavy atom. The fraction of sp³-hybridized carbons (Fsp3) is 0.462. The van der Waals surface area contributed by atoms with E-state index in [0.29, 0.717) is 11.5 Å². The standard InChI is InChI=1S/C13H17BrFNO/c1-8(2)9(3)16(4)13(17)10-6-5-7-11(15)12(10)14/h5-9H,1-4H3. The molecule has 1 aromatic rings. The lowest BCUT2D eigenvalue weighted by Gasteiger charge is -2.28. The van der Waals surface area contributed by atoms with Crippen molar-refractivity contribution in [2.45, 2.75) is 26.8 Å². The van der Waals surface area contributed by atoms with Crippen LogP contribution in [0, 0.1) is 11.7 Å². The number of carbonyl (C=O) groups is 1. The van der Waals surface area contributed by atoms with Gasteiger partial charge in [0.15, 0.2) is 0 Å². The molecule has 1 aromatic carbocycles. The first-order chi connectivity index (χ1) is 7.86. The number of amides is 1. The first kappa shape index (κ1) is 14.2. The summed E-state index contributed by atoms with van der Waals surface area (Å²) in [5.74, 6) is -0.227. The van der Waals surface area contributed by atoms with E-state index in [1.807, 2.05) is 6.92 Å². The van der Waals surface area contributed by atoms with E-state index in [-0.39, 0.29) is 16.4 Å². The lowest BCUT2D eigenvalue weighted by molar-refractivity contribution is 0.0705. The molecule has 1 rings (SSSR count). The van der Waals surface area contributed by atoms with Gasteiger partial charge in [-0.25, -0.2) is 4.39 Å². The number of hydrogen-bond donors (Lipinski definition) is 0. The molecule has 2 nitrogen and oxygen atoms in total. The molecule has 0 bridgehead atoms. The average Bonchev–Trinajstić information content (AvgIpc) is 2.29. The van der Waals surface area contributed by atoms with Gasteiger partial charge in [0.2, 0.25) is 0 Å². The molecule has 0 spiro atoms. The van der Waals surface area contributed by atoms with E-state index < -0.39 is 5.82 Å². The van der Waals surface area contributed by atoms with Crippen molar-refractivity contribution in [2.24, 2.45) is 5.92 Å². The van der Waals surface area contributed by atoms with Crippen molar-refractivity contribution in [3.05, 3.63) is 34.1 Å². The van der Waals surface area contributed by atoms with Crippen LogP contribution in [0.3, 0.4) is 0 Å². The fourth-order valence-corrected chi connectivity index (χ4v) is 1.93. The van der Waals surface area contributed by atoms with Crippen LogP contribution in [0.1, 0.15) is 31.1 Å². The summed E-state index contributed by atoms with van der Waals surface area (Å²) in [7, 11) is 1.74. The predicted molar refractivity (Wildman–Crippen MR) is 70.5 cm³/mol. The zero-order valence-electron chi connectivity index (χ0n) is 10.5. The van der Waals surface area contributed by atoms with Crippen LogP contribution in [0.4, 0.5) is 4.39 Å². The smallest absolute Gasteiger partial charge is 0.255 e. The quantitative estimate of drug-likeness (QED) is 0.833. The summed E-state index contributed by atoms with van der Waals surface area (Å²) in [6.45, 7) is 6.08. The van der Waals surface area contributed by atoms with Crippen LogP contribution in [-0.4, -0.2) is 23.9 Å². The number of hydrogen-bond acceptors (Lipinski definition) is 1. The first-order valence-electron chi connectivity index (χ1n) is 5.57. The van der Waals surface area contributed by atoms with Gasteiger partial charge in [-0.3, -0.25) is 4.79 Å². The summed E-state index contributed by atoms with van der Waals surface area (Å²) in [5.41, 5.74) is 0.361. The Labute approximate surface area is 110 Å². The van der Waals surface area contributed by atoms with Crippen molar-refractivity contribution in [1.82, 2.24) is 4.90 Å². The van der Waals surface area contributed by atoms with Gasteiger partial charge in [0, 0.05) is 13.1 Å². The monoisotopic (exact) mass is 301 g/mol. The lowest BCUT2D eigenvalue weighted by atomic mass is 10.0. The molecule has 0 N–H and O–H groups in total. The second-order valence-corrected chi connectivity index (χ2v) is 5.30. The number of nitrogens with zero attached hydrogens (tertiary/aromatic N) is 1. The van der Waals surface area contributed by atoms with Crippen molar-refractivity contribution < 1.29 is 9.18 Å². The van der Waals surface area contributed by atoms with Gasteiger partial charge in [-0.15, -0.1) is 0 Å². The third kappa shape index (κ3) is 3.06. The molecule has 1 unspecified atom stereocenters. The third-order valence-corrected chi connectivity index (χ3v) is 3.88. The molecule has 1 atom stereocenters. The molecule has 0 radical (unpaired) electrons. The van der Waals surface area contributed by atoms with Gasteiger partial charge in [0.05, 0.1) is 10.0 Å². The Balaban J connectivity index is 3.01. The molecular weight excluding hydrogens is 285 g/mol. The highest BCUT2D eigenvalue weighted by Crippen LogP contribution is 2.23. The molecule has 94 valence electrons. The minimum atomic E-state index is -0.415. The van der Waals surface area contributed by atoms with Crippen LogP contribution in [-0.2, 0) is 0 Å². The summed E-state index contributed by atoms with van der Waals surface area (Å²) < 4.78 is 13.6. The zero-order chi connectivity index (χ0) is 13.2. The van der Waals surface area contributed by atoms with Crippen LogP contribution < -0.4 is 0 Å². The van der Waals surface area contributed by atoms with E-state index >= 15 is 0 Å². The van der Waals surface area contributed by atoms with Gasteiger partial charge in [0.1, 0.15) is 5.82 Å². The van der Waals surface area contributed by atoms with Crippen molar-refractivity contribution in [2.75, 3.05) is 7.05 Å². The van der Waals surface area contributed by atoms with Crippen molar-refractivity contribution in [3.8, 4) is 0 Å². The summed E-state index contributed by atoms with van der Waals surface area (Å²) in [6, 6.07) is 4.60. The Morgan fingerprint density at radius 2 is 1.94 bits per heavy atom. The maximum atomic E-state index is 13.3. The van der Waals surface area contributed by atoms with Gasteiger partial charge >= 0.3 is 0 Å². The topological polar surface area (TPSA) is 20.3 Å². The van der Waals surface area contributed by atoms with Gasteiger partial charge in [0.25, 0.3) is 5.91 Å². The Bertz CT molecular complexity index is 420. The summed E-state index contributed by atoms with van der Waals surface area (Å²) in [6.07, 6.45) is 0. The number of benzene rings is 1. The van der Waals surface area contributed by atoms with E-state index in [2.05, 4.69) is 29.8 Å².